The standard InChI is InChI=1S/C14H20O3/c1-11(12(2)15)8-9-17-10-13-4-6-14(16-3)7-5-13/h4-7,11H,8-10H2,1-3H3/t11-/m1/s1. The van der Waals surface area contributed by atoms with Gasteiger partial charge in [-0.15, -0.1) is 0 Å². The molecule has 1 atom stereocenters. The molecule has 3 heteroatoms. The van der Waals surface area contributed by atoms with Gasteiger partial charge in [0.25, 0.3) is 0 Å². The van der Waals surface area contributed by atoms with Gasteiger partial charge in [0.1, 0.15) is 11.5 Å². The Labute approximate surface area is 103 Å². The number of carbonyl (C=O) groups is 1. The molecule has 0 aliphatic rings. The molecule has 0 aliphatic carbocycles. The molecule has 1 rings (SSSR count). The summed E-state index contributed by atoms with van der Waals surface area (Å²) in [7, 11) is 1.65. The molecule has 0 bridgehead atoms. The van der Waals surface area contributed by atoms with Crippen LogP contribution in [0.25, 0.3) is 0 Å². The fourth-order valence-electron chi connectivity index (χ4n) is 1.38. The second-order valence-electron chi connectivity index (χ2n) is 4.20. The molecule has 0 fully saturated rings. The van der Waals surface area contributed by atoms with Gasteiger partial charge >= 0.3 is 0 Å². The molecule has 3 nitrogen and oxygen atoms in total. The molecular formula is C14H20O3. The molecule has 0 heterocycles. The third-order valence-corrected chi connectivity index (χ3v) is 2.82. The predicted octanol–water partition coefficient (Wildman–Crippen LogP) is 2.83. The van der Waals surface area contributed by atoms with Crippen molar-refractivity contribution in [1.82, 2.24) is 0 Å². The van der Waals surface area contributed by atoms with Gasteiger partial charge < -0.3 is 9.47 Å². The smallest absolute Gasteiger partial charge is 0.132 e. The Kier molecular flexibility index (Phi) is 5.70. The summed E-state index contributed by atoms with van der Waals surface area (Å²) in [6, 6.07) is 7.79. The van der Waals surface area contributed by atoms with Crippen LogP contribution in [0.2, 0.25) is 0 Å². The molecule has 17 heavy (non-hydrogen) atoms. The maximum atomic E-state index is 11.0. The molecule has 1 aromatic rings. The molecule has 0 aliphatic heterocycles. The fourth-order valence-corrected chi connectivity index (χ4v) is 1.38. The van der Waals surface area contributed by atoms with Gasteiger partial charge in [-0.1, -0.05) is 19.1 Å². The number of carbonyl (C=O) groups excluding carboxylic acids is 1. The zero-order chi connectivity index (χ0) is 12.7. The third kappa shape index (κ3) is 5.00. The fraction of sp³-hybridized carbons (Fsp3) is 0.500. The van der Waals surface area contributed by atoms with E-state index in [4.69, 9.17) is 9.47 Å². The highest BCUT2D eigenvalue weighted by Crippen LogP contribution is 2.12. The van der Waals surface area contributed by atoms with E-state index in [9.17, 15) is 4.79 Å². The minimum absolute atomic E-state index is 0.0888. The lowest BCUT2D eigenvalue weighted by Crippen LogP contribution is -2.09. The van der Waals surface area contributed by atoms with Gasteiger partial charge in [-0.05, 0) is 31.0 Å². The van der Waals surface area contributed by atoms with E-state index in [1.54, 1.807) is 14.0 Å². The van der Waals surface area contributed by atoms with Gasteiger partial charge in [0.2, 0.25) is 0 Å². The van der Waals surface area contributed by atoms with Crippen LogP contribution >= 0.6 is 0 Å². The first-order valence-electron chi connectivity index (χ1n) is 5.84. The lowest BCUT2D eigenvalue weighted by atomic mass is 10.1. The van der Waals surface area contributed by atoms with E-state index in [2.05, 4.69) is 0 Å². The molecule has 0 saturated heterocycles. The monoisotopic (exact) mass is 236 g/mol. The van der Waals surface area contributed by atoms with Gasteiger partial charge in [0, 0.05) is 12.5 Å². The van der Waals surface area contributed by atoms with E-state index in [1.165, 1.54) is 0 Å². The highest BCUT2D eigenvalue weighted by atomic mass is 16.5. The lowest BCUT2D eigenvalue weighted by Gasteiger charge is -2.08. The molecule has 0 unspecified atom stereocenters. The average molecular weight is 236 g/mol. The van der Waals surface area contributed by atoms with Crippen LogP contribution in [-0.2, 0) is 16.1 Å². The van der Waals surface area contributed by atoms with Crippen LogP contribution in [0, 0.1) is 5.92 Å². The average Bonchev–Trinajstić information content (AvgIpc) is 2.35. The Balaban J connectivity index is 2.24. The summed E-state index contributed by atoms with van der Waals surface area (Å²) in [5.74, 6) is 1.16. The molecule has 0 amide bonds. The molecule has 0 N–H and O–H groups in total. The quantitative estimate of drug-likeness (QED) is 0.683. The van der Waals surface area contributed by atoms with E-state index in [0.717, 1.165) is 17.7 Å². The maximum absolute atomic E-state index is 11.0. The minimum Gasteiger partial charge on any atom is -0.497 e. The van der Waals surface area contributed by atoms with E-state index in [-0.39, 0.29) is 11.7 Å². The van der Waals surface area contributed by atoms with Gasteiger partial charge in [-0.3, -0.25) is 4.79 Å². The molecule has 94 valence electrons. The van der Waals surface area contributed by atoms with E-state index in [0.29, 0.717) is 13.2 Å². The zero-order valence-electron chi connectivity index (χ0n) is 10.7. The van der Waals surface area contributed by atoms with Crippen LogP contribution in [0.5, 0.6) is 5.75 Å². The number of hydrogen-bond donors (Lipinski definition) is 0. The Bertz CT molecular complexity index is 343. The Hall–Kier alpha value is -1.35. The van der Waals surface area contributed by atoms with Crippen LogP contribution in [0.1, 0.15) is 25.8 Å². The Morgan fingerprint density at radius 3 is 2.47 bits per heavy atom. The molecule has 0 radical (unpaired) electrons. The molecule has 1 aromatic carbocycles. The second kappa shape index (κ2) is 7.07. The summed E-state index contributed by atoms with van der Waals surface area (Å²) in [6.07, 6.45) is 0.783. The molecular weight excluding hydrogens is 216 g/mol. The van der Waals surface area contributed by atoms with E-state index in [1.807, 2.05) is 31.2 Å². The number of rotatable bonds is 7. The summed E-state index contributed by atoms with van der Waals surface area (Å²) in [4.78, 5) is 11.0. The van der Waals surface area contributed by atoms with Crippen molar-refractivity contribution in [2.24, 2.45) is 5.92 Å². The minimum atomic E-state index is 0.0888. The van der Waals surface area contributed by atoms with Gasteiger partial charge in [0.05, 0.1) is 13.7 Å². The second-order valence-corrected chi connectivity index (χ2v) is 4.20. The first-order chi connectivity index (χ1) is 8.13. The molecule has 0 saturated carbocycles. The SMILES string of the molecule is COc1ccc(COCC[C@@H](C)C(C)=O)cc1. The summed E-state index contributed by atoms with van der Waals surface area (Å²) < 4.78 is 10.6. The van der Waals surface area contributed by atoms with Crippen LogP contribution < -0.4 is 4.74 Å². The summed E-state index contributed by atoms with van der Waals surface area (Å²) >= 11 is 0. The number of Topliss-reactive ketones (excluding diaryl/α,β-unsaturated/α-hetero) is 1. The zero-order valence-corrected chi connectivity index (χ0v) is 10.7. The summed E-state index contributed by atoms with van der Waals surface area (Å²) in [5, 5.41) is 0. The predicted molar refractivity (Wildman–Crippen MR) is 67.1 cm³/mol. The van der Waals surface area contributed by atoms with Crippen molar-refractivity contribution in [3.05, 3.63) is 29.8 Å². The van der Waals surface area contributed by atoms with Crippen molar-refractivity contribution in [2.75, 3.05) is 13.7 Å². The lowest BCUT2D eigenvalue weighted by molar-refractivity contribution is -0.120. The first kappa shape index (κ1) is 13.7. The van der Waals surface area contributed by atoms with Gasteiger partial charge in [-0.25, -0.2) is 0 Å². The van der Waals surface area contributed by atoms with E-state index >= 15 is 0 Å². The number of ketones is 1. The topological polar surface area (TPSA) is 35.5 Å². The van der Waals surface area contributed by atoms with Crippen LogP contribution in [0.3, 0.4) is 0 Å². The van der Waals surface area contributed by atoms with Crippen molar-refractivity contribution in [2.45, 2.75) is 26.9 Å². The van der Waals surface area contributed by atoms with Crippen molar-refractivity contribution >= 4 is 5.78 Å². The Morgan fingerprint density at radius 1 is 1.29 bits per heavy atom. The van der Waals surface area contributed by atoms with E-state index < -0.39 is 0 Å². The van der Waals surface area contributed by atoms with Gasteiger partial charge in [-0.2, -0.15) is 0 Å². The van der Waals surface area contributed by atoms with Crippen molar-refractivity contribution in [1.29, 1.82) is 0 Å². The Morgan fingerprint density at radius 2 is 1.94 bits per heavy atom. The number of methoxy groups -OCH3 is 1. The first-order valence-corrected chi connectivity index (χ1v) is 5.84. The number of ether oxygens (including phenoxy) is 2. The highest BCUT2D eigenvalue weighted by Gasteiger charge is 2.06. The van der Waals surface area contributed by atoms with Crippen LogP contribution in [-0.4, -0.2) is 19.5 Å². The van der Waals surface area contributed by atoms with Crippen LogP contribution in [0.4, 0.5) is 0 Å². The van der Waals surface area contributed by atoms with Crippen LogP contribution in [0.15, 0.2) is 24.3 Å². The van der Waals surface area contributed by atoms with Gasteiger partial charge in [0.15, 0.2) is 0 Å². The highest BCUT2D eigenvalue weighted by molar-refractivity contribution is 5.77. The normalized spacial score (nSPS) is 12.2. The largest absolute Gasteiger partial charge is 0.497 e. The number of hydrogen-bond acceptors (Lipinski definition) is 3. The van der Waals surface area contributed by atoms with Crippen molar-refractivity contribution < 1.29 is 14.3 Å². The number of benzene rings is 1. The summed E-state index contributed by atoms with van der Waals surface area (Å²) in [5.41, 5.74) is 1.11. The maximum Gasteiger partial charge on any atom is 0.132 e. The van der Waals surface area contributed by atoms with Crippen molar-refractivity contribution in [3.63, 3.8) is 0 Å². The molecule has 0 spiro atoms. The summed E-state index contributed by atoms with van der Waals surface area (Å²) in [6.45, 7) is 4.74. The van der Waals surface area contributed by atoms with Crippen molar-refractivity contribution in [3.8, 4) is 5.75 Å². The third-order valence-electron chi connectivity index (χ3n) is 2.82. The molecule has 0 aromatic heterocycles.